The summed E-state index contributed by atoms with van der Waals surface area (Å²) in [6, 6.07) is 10.9. The van der Waals surface area contributed by atoms with Crippen LogP contribution in [0.2, 0.25) is 5.02 Å². The minimum atomic E-state index is -3.51. The number of amides is 1. The molecule has 0 spiro atoms. The Kier molecular flexibility index (Phi) is 6.31. The SMILES string of the molecule is Cc1ccc(C)c(N(CCC(=O)Nc2cccc(Cl)c2C)S(C)(=O)=O)c1. The second kappa shape index (κ2) is 8.10. The summed E-state index contributed by atoms with van der Waals surface area (Å²) >= 11 is 6.06. The van der Waals surface area contributed by atoms with Crippen molar-refractivity contribution >= 4 is 38.9 Å². The molecule has 2 rings (SSSR count). The highest BCUT2D eigenvalue weighted by Crippen LogP contribution is 2.25. The van der Waals surface area contributed by atoms with E-state index in [9.17, 15) is 13.2 Å². The number of carbonyl (C=O) groups excluding carboxylic acids is 1. The zero-order chi connectivity index (χ0) is 19.5. The third-order valence-corrected chi connectivity index (χ3v) is 5.71. The summed E-state index contributed by atoms with van der Waals surface area (Å²) in [7, 11) is -3.51. The van der Waals surface area contributed by atoms with Gasteiger partial charge < -0.3 is 5.32 Å². The molecule has 0 atom stereocenters. The Labute approximate surface area is 160 Å². The van der Waals surface area contributed by atoms with Gasteiger partial charge in [0.25, 0.3) is 0 Å². The van der Waals surface area contributed by atoms with Crippen LogP contribution in [0, 0.1) is 20.8 Å². The van der Waals surface area contributed by atoms with Gasteiger partial charge in [-0.1, -0.05) is 29.8 Å². The predicted molar refractivity (Wildman–Crippen MR) is 108 cm³/mol. The first-order chi connectivity index (χ1) is 12.1. The van der Waals surface area contributed by atoms with Crippen LogP contribution in [0.15, 0.2) is 36.4 Å². The Balaban J connectivity index is 2.16. The average Bonchev–Trinajstić information content (AvgIpc) is 2.54. The van der Waals surface area contributed by atoms with Crippen LogP contribution in [0.1, 0.15) is 23.1 Å². The quantitative estimate of drug-likeness (QED) is 0.803. The molecule has 0 fully saturated rings. The summed E-state index contributed by atoms with van der Waals surface area (Å²) in [6.07, 6.45) is 1.18. The van der Waals surface area contributed by atoms with Gasteiger partial charge in [0.1, 0.15) is 0 Å². The standard InChI is InChI=1S/C19H23ClN2O3S/c1-13-8-9-14(2)18(12-13)22(26(4,24)25)11-10-19(23)21-17-7-5-6-16(20)15(17)3/h5-9,12H,10-11H2,1-4H3,(H,21,23). The first-order valence-electron chi connectivity index (χ1n) is 8.19. The summed E-state index contributed by atoms with van der Waals surface area (Å²) in [5, 5.41) is 3.36. The van der Waals surface area contributed by atoms with Gasteiger partial charge in [-0.3, -0.25) is 9.10 Å². The number of sulfonamides is 1. The van der Waals surface area contributed by atoms with Gasteiger partial charge in [-0.15, -0.1) is 0 Å². The van der Waals surface area contributed by atoms with E-state index in [2.05, 4.69) is 5.32 Å². The summed E-state index contributed by atoms with van der Waals surface area (Å²) < 4.78 is 25.8. The van der Waals surface area contributed by atoms with E-state index in [0.717, 1.165) is 22.9 Å². The minimum Gasteiger partial charge on any atom is -0.326 e. The zero-order valence-corrected chi connectivity index (χ0v) is 16.9. The largest absolute Gasteiger partial charge is 0.326 e. The number of nitrogens with zero attached hydrogens (tertiary/aromatic N) is 1. The third-order valence-electron chi connectivity index (χ3n) is 4.12. The fourth-order valence-corrected chi connectivity index (χ4v) is 3.76. The molecule has 0 unspecified atom stereocenters. The summed E-state index contributed by atoms with van der Waals surface area (Å²) in [5.41, 5.74) is 3.79. The molecule has 2 aromatic carbocycles. The lowest BCUT2D eigenvalue weighted by molar-refractivity contribution is -0.116. The molecule has 7 heteroatoms. The van der Waals surface area contributed by atoms with Crippen LogP contribution in [-0.4, -0.2) is 27.1 Å². The fraction of sp³-hybridized carbons (Fsp3) is 0.316. The molecule has 26 heavy (non-hydrogen) atoms. The van der Waals surface area contributed by atoms with Crippen LogP contribution in [0.5, 0.6) is 0 Å². The van der Waals surface area contributed by atoms with E-state index >= 15 is 0 Å². The summed E-state index contributed by atoms with van der Waals surface area (Å²) in [5.74, 6) is -0.269. The number of nitrogens with one attached hydrogen (secondary N) is 1. The van der Waals surface area contributed by atoms with Crippen molar-refractivity contribution in [1.82, 2.24) is 0 Å². The van der Waals surface area contributed by atoms with Gasteiger partial charge in [-0.05, 0) is 55.7 Å². The van der Waals surface area contributed by atoms with Crippen molar-refractivity contribution < 1.29 is 13.2 Å². The van der Waals surface area contributed by atoms with E-state index < -0.39 is 10.0 Å². The lowest BCUT2D eigenvalue weighted by Gasteiger charge is -2.24. The van der Waals surface area contributed by atoms with Crippen molar-refractivity contribution in [1.29, 1.82) is 0 Å². The molecule has 1 amide bonds. The normalized spacial score (nSPS) is 11.3. The van der Waals surface area contributed by atoms with Crippen molar-refractivity contribution in [3.05, 3.63) is 58.1 Å². The number of benzene rings is 2. The van der Waals surface area contributed by atoms with Crippen LogP contribution in [0.25, 0.3) is 0 Å². The van der Waals surface area contributed by atoms with E-state index in [-0.39, 0.29) is 18.9 Å². The molecule has 0 saturated heterocycles. The van der Waals surface area contributed by atoms with Crippen molar-refractivity contribution in [2.24, 2.45) is 0 Å². The second-order valence-electron chi connectivity index (χ2n) is 6.34. The Morgan fingerprint density at radius 2 is 1.85 bits per heavy atom. The van der Waals surface area contributed by atoms with E-state index in [1.54, 1.807) is 18.2 Å². The first-order valence-corrected chi connectivity index (χ1v) is 10.4. The minimum absolute atomic E-state index is 0.0341. The monoisotopic (exact) mass is 394 g/mol. The van der Waals surface area contributed by atoms with Crippen LogP contribution < -0.4 is 9.62 Å². The van der Waals surface area contributed by atoms with Crippen molar-refractivity contribution in [3.63, 3.8) is 0 Å². The number of halogens is 1. The van der Waals surface area contributed by atoms with Gasteiger partial charge >= 0.3 is 0 Å². The van der Waals surface area contributed by atoms with Gasteiger partial charge in [-0.25, -0.2) is 8.42 Å². The smallest absolute Gasteiger partial charge is 0.232 e. The number of carbonyl (C=O) groups is 1. The molecule has 140 valence electrons. The number of aryl methyl sites for hydroxylation is 2. The van der Waals surface area contributed by atoms with Gasteiger partial charge in [0.2, 0.25) is 15.9 Å². The Hall–Kier alpha value is -2.05. The Morgan fingerprint density at radius 1 is 1.15 bits per heavy atom. The molecule has 0 bridgehead atoms. The molecule has 0 aliphatic rings. The van der Waals surface area contributed by atoms with E-state index in [4.69, 9.17) is 11.6 Å². The molecule has 1 N–H and O–H groups in total. The fourth-order valence-electron chi connectivity index (χ4n) is 2.61. The number of anilines is 2. The molecule has 0 heterocycles. The maximum atomic E-state index is 12.3. The van der Waals surface area contributed by atoms with E-state index in [1.807, 2.05) is 39.0 Å². The van der Waals surface area contributed by atoms with Gasteiger partial charge in [0.15, 0.2) is 0 Å². The molecule has 0 aliphatic heterocycles. The predicted octanol–water partition coefficient (Wildman–Crippen LogP) is 4.06. The molecule has 2 aromatic rings. The molecular weight excluding hydrogens is 372 g/mol. The molecule has 5 nitrogen and oxygen atoms in total. The first kappa shape index (κ1) is 20.3. The van der Waals surface area contributed by atoms with Gasteiger partial charge in [-0.2, -0.15) is 0 Å². The Morgan fingerprint density at radius 3 is 2.50 bits per heavy atom. The topological polar surface area (TPSA) is 66.5 Å². The third kappa shape index (κ3) is 4.99. The van der Waals surface area contributed by atoms with Crippen molar-refractivity contribution in [2.45, 2.75) is 27.2 Å². The maximum Gasteiger partial charge on any atom is 0.232 e. The average molecular weight is 395 g/mol. The summed E-state index contributed by atoms with van der Waals surface area (Å²) in [4.78, 5) is 12.3. The molecular formula is C19H23ClN2O3S. The summed E-state index contributed by atoms with van der Waals surface area (Å²) in [6.45, 7) is 5.63. The van der Waals surface area contributed by atoms with Crippen molar-refractivity contribution in [3.8, 4) is 0 Å². The molecule has 0 saturated carbocycles. The van der Waals surface area contributed by atoms with Crippen LogP contribution in [-0.2, 0) is 14.8 Å². The molecule has 0 aromatic heterocycles. The highest BCUT2D eigenvalue weighted by Gasteiger charge is 2.20. The number of rotatable bonds is 6. The van der Waals surface area contributed by atoms with Crippen molar-refractivity contribution in [2.75, 3.05) is 22.4 Å². The lowest BCUT2D eigenvalue weighted by atomic mass is 10.1. The zero-order valence-electron chi connectivity index (χ0n) is 15.3. The molecule has 0 radical (unpaired) electrons. The van der Waals surface area contributed by atoms with Gasteiger partial charge in [0.05, 0.1) is 11.9 Å². The van der Waals surface area contributed by atoms with E-state index in [1.165, 1.54) is 4.31 Å². The van der Waals surface area contributed by atoms with Gasteiger partial charge in [0, 0.05) is 23.7 Å². The molecule has 0 aliphatic carbocycles. The van der Waals surface area contributed by atoms with Crippen LogP contribution in [0.4, 0.5) is 11.4 Å². The maximum absolute atomic E-state index is 12.3. The Bertz CT molecular complexity index is 926. The lowest BCUT2D eigenvalue weighted by Crippen LogP contribution is -2.33. The van der Waals surface area contributed by atoms with E-state index in [0.29, 0.717) is 16.4 Å². The number of hydrogen-bond acceptors (Lipinski definition) is 3. The van der Waals surface area contributed by atoms with Crippen LogP contribution in [0.3, 0.4) is 0 Å². The number of hydrogen-bond donors (Lipinski definition) is 1. The highest BCUT2D eigenvalue weighted by molar-refractivity contribution is 7.92. The second-order valence-corrected chi connectivity index (χ2v) is 8.65. The highest BCUT2D eigenvalue weighted by atomic mass is 35.5. The van der Waals surface area contributed by atoms with Crippen LogP contribution >= 0.6 is 11.6 Å².